The third-order valence-corrected chi connectivity index (χ3v) is 4.21. The monoisotopic (exact) mass is 310 g/mol. The van der Waals surface area contributed by atoms with Crippen LogP contribution in [-0.4, -0.2) is 24.2 Å². The second-order valence-corrected chi connectivity index (χ2v) is 5.86. The van der Waals surface area contributed by atoms with Crippen LogP contribution in [0.1, 0.15) is 34.3 Å². The average molecular weight is 310 g/mol. The van der Waals surface area contributed by atoms with Gasteiger partial charge in [-0.2, -0.15) is 0 Å². The number of unbranched alkanes of at least 4 members (excludes halogenated alkanes) is 1. The van der Waals surface area contributed by atoms with Crippen LogP contribution in [0.5, 0.6) is 0 Å². The SMILES string of the molecule is O=C(NCCCCO)c1ccc(N2Cc3ccccc3C2)cc1. The number of hydrogen-bond donors (Lipinski definition) is 2. The molecule has 1 heterocycles. The molecule has 2 N–H and O–H groups in total. The molecular formula is C19H22N2O2. The number of aliphatic hydroxyl groups is 1. The Balaban J connectivity index is 1.59. The normalized spacial score (nSPS) is 13.0. The number of aliphatic hydroxyl groups excluding tert-OH is 1. The highest BCUT2D eigenvalue weighted by atomic mass is 16.2. The zero-order valence-corrected chi connectivity index (χ0v) is 13.2. The minimum Gasteiger partial charge on any atom is -0.396 e. The van der Waals surface area contributed by atoms with E-state index in [-0.39, 0.29) is 12.5 Å². The van der Waals surface area contributed by atoms with Crippen LogP contribution in [0, 0.1) is 0 Å². The molecule has 120 valence electrons. The topological polar surface area (TPSA) is 52.6 Å². The molecule has 0 atom stereocenters. The van der Waals surface area contributed by atoms with Gasteiger partial charge in [-0.25, -0.2) is 0 Å². The third kappa shape index (κ3) is 3.71. The number of anilines is 1. The van der Waals surface area contributed by atoms with Crippen LogP contribution in [0.15, 0.2) is 48.5 Å². The molecule has 2 aromatic carbocycles. The van der Waals surface area contributed by atoms with Gasteiger partial charge in [-0.3, -0.25) is 4.79 Å². The molecule has 23 heavy (non-hydrogen) atoms. The largest absolute Gasteiger partial charge is 0.396 e. The quantitative estimate of drug-likeness (QED) is 0.807. The molecule has 2 aromatic rings. The molecule has 3 rings (SSSR count). The number of carbonyl (C=O) groups excluding carboxylic acids is 1. The summed E-state index contributed by atoms with van der Waals surface area (Å²) in [7, 11) is 0. The van der Waals surface area contributed by atoms with E-state index in [1.807, 2.05) is 24.3 Å². The predicted octanol–water partition coefficient (Wildman–Crippen LogP) is 2.71. The van der Waals surface area contributed by atoms with Gasteiger partial charge >= 0.3 is 0 Å². The van der Waals surface area contributed by atoms with E-state index in [1.54, 1.807) is 0 Å². The number of carbonyl (C=O) groups is 1. The van der Waals surface area contributed by atoms with Gasteiger partial charge in [0.15, 0.2) is 0 Å². The average Bonchev–Trinajstić information content (AvgIpc) is 3.03. The van der Waals surface area contributed by atoms with Gasteiger partial charge in [0.25, 0.3) is 5.91 Å². The summed E-state index contributed by atoms with van der Waals surface area (Å²) in [5.41, 5.74) is 4.56. The van der Waals surface area contributed by atoms with Crippen molar-refractivity contribution in [2.75, 3.05) is 18.1 Å². The Bertz CT molecular complexity index is 642. The van der Waals surface area contributed by atoms with Crippen LogP contribution in [0.3, 0.4) is 0 Å². The molecule has 0 saturated heterocycles. The highest BCUT2D eigenvalue weighted by Crippen LogP contribution is 2.28. The molecule has 0 fully saturated rings. The minimum atomic E-state index is -0.0563. The van der Waals surface area contributed by atoms with E-state index >= 15 is 0 Å². The van der Waals surface area contributed by atoms with E-state index in [2.05, 4.69) is 34.5 Å². The molecule has 1 aliphatic heterocycles. The lowest BCUT2D eigenvalue weighted by Gasteiger charge is -2.18. The molecule has 1 aliphatic rings. The van der Waals surface area contributed by atoms with Crippen LogP contribution < -0.4 is 10.2 Å². The minimum absolute atomic E-state index is 0.0563. The number of rotatable bonds is 6. The molecule has 0 bridgehead atoms. The van der Waals surface area contributed by atoms with Gasteiger partial charge in [-0.1, -0.05) is 24.3 Å². The fraction of sp³-hybridized carbons (Fsp3) is 0.316. The van der Waals surface area contributed by atoms with Gasteiger partial charge in [0.05, 0.1) is 0 Å². The molecular weight excluding hydrogens is 288 g/mol. The predicted molar refractivity (Wildman–Crippen MR) is 91.4 cm³/mol. The van der Waals surface area contributed by atoms with Crippen LogP contribution >= 0.6 is 0 Å². The lowest BCUT2D eigenvalue weighted by Crippen LogP contribution is -2.24. The standard InChI is InChI=1S/C19H22N2O2/c22-12-4-3-11-20-19(23)15-7-9-18(10-8-15)21-13-16-5-1-2-6-17(16)14-21/h1-2,5-10,22H,3-4,11-14H2,(H,20,23). The summed E-state index contributed by atoms with van der Waals surface area (Å²) < 4.78 is 0. The van der Waals surface area contributed by atoms with Gasteiger partial charge in [0.2, 0.25) is 0 Å². The van der Waals surface area contributed by atoms with Gasteiger partial charge < -0.3 is 15.3 Å². The third-order valence-electron chi connectivity index (χ3n) is 4.21. The zero-order valence-electron chi connectivity index (χ0n) is 13.2. The molecule has 4 heteroatoms. The maximum absolute atomic E-state index is 12.0. The number of amides is 1. The molecule has 0 unspecified atom stereocenters. The zero-order chi connectivity index (χ0) is 16.1. The van der Waals surface area contributed by atoms with Gasteiger partial charge in [-0.15, -0.1) is 0 Å². The summed E-state index contributed by atoms with van der Waals surface area (Å²) in [6.07, 6.45) is 1.51. The van der Waals surface area contributed by atoms with Crippen molar-refractivity contribution >= 4 is 11.6 Å². The van der Waals surface area contributed by atoms with Gasteiger partial charge in [-0.05, 0) is 48.2 Å². The van der Waals surface area contributed by atoms with E-state index in [0.717, 1.165) is 31.6 Å². The second-order valence-electron chi connectivity index (χ2n) is 5.86. The van der Waals surface area contributed by atoms with Crippen molar-refractivity contribution in [3.63, 3.8) is 0 Å². The summed E-state index contributed by atoms with van der Waals surface area (Å²) in [5.74, 6) is -0.0563. The highest BCUT2D eigenvalue weighted by Gasteiger charge is 2.18. The highest BCUT2D eigenvalue weighted by molar-refractivity contribution is 5.94. The molecule has 0 saturated carbocycles. The maximum atomic E-state index is 12.0. The van der Waals surface area contributed by atoms with Crippen LogP contribution in [-0.2, 0) is 13.1 Å². The van der Waals surface area contributed by atoms with Gasteiger partial charge in [0, 0.05) is 37.5 Å². The number of hydrogen-bond acceptors (Lipinski definition) is 3. The molecule has 1 amide bonds. The summed E-state index contributed by atoms with van der Waals surface area (Å²) in [4.78, 5) is 14.3. The van der Waals surface area contributed by atoms with Crippen LogP contribution in [0.4, 0.5) is 5.69 Å². The summed E-state index contributed by atoms with van der Waals surface area (Å²) in [5, 5.41) is 11.6. The van der Waals surface area contributed by atoms with E-state index in [9.17, 15) is 4.79 Å². The van der Waals surface area contributed by atoms with Crippen molar-refractivity contribution in [3.05, 3.63) is 65.2 Å². The van der Waals surface area contributed by atoms with Crippen LogP contribution in [0.25, 0.3) is 0 Å². The summed E-state index contributed by atoms with van der Waals surface area (Å²) in [6, 6.07) is 16.3. The Labute approximate surface area is 136 Å². The van der Waals surface area contributed by atoms with Crippen molar-refractivity contribution < 1.29 is 9.90 Å². The van der Waals surface area contributed by atoms with E-state index in [4.69, 9.17) is 5.11 Å². The van der Waals surface area contributed by atoms with Crippen molar-refractivity contribution in [3.8, 4) is 0 Å². The Hall–Kier alpha value is -2.33. The van der Waals surface area contributed by atoms with E-state index < -0.39 is 0 Å². The fourth-order valence-electron chi connectivity index (χ4n) is 2.88. The summed E-state index contributed by atoms with van der Waals surface area (Å²) >= 11 is 0. The second kappa shape index (κ2) is 7.29. The lowest BCUT2D eigenvalue weighted by molar-refractivity contribution is 0.0952. The smallest absolute Gasteiger partial charge is 0.251 e. The van der Waals surface area contributed by atoms with Crippen molar-refractivity contribution in [1.29, 1.82) is 0 Å². The Kier molecular flexibility index (Phi) is 4.93. The van der Waals surface area contributed by atoms with E-state index in [1.165, 1.54) is 11.1 Å². The number of fused-ring (bicyclic) bond motifs is 1. The first-order chi connectivity index (χ1) is 11.3. The molecule has 0 aliphatic carbocycles. The molecule has 0 radical (unpaired) electrons. The lowest BCUT2D eigenvalue weighted by atomic mass is 10.1. The fourth-order valence-corrected chi connectivity index (χ4v) is 2.88. The van der Waals surface area contributed by atoms with Crippen molar-refractivity contribution in [1.82, 2.24) is 5.32 Å². The molecule has 0 spiro atoms. The number of nitrogens with one attached hydrogen (secondary N) is 1. The first-order valence-corrected chi connectivity index (χ1v) is 8.09. The van der Waals surface area contributed by atoms with Crippen LogP contribution in [0.2, 0.25) is 0 Å². The molecule has 0 aromatic heterocycles. The first-order valence-electron chi connectivity index (χ1n) is 8.09. The Morgan fingerprint density at radius 1 is 1.00 bits per heavy atom. The number of benzene rings is 2. The van der Waals surface area contributed by atoms with E-state index in [0.29, 0.717) is 12.1 Å². The Morgan fingerprint density at radius 2 is 1.65 bits per heavy atom. The van der Waals surface area contributed by atoms with Crippen molar-refractivity contribution in [2.45, 2.75) is 25.9 Å². The Morgan fingerprint density at radius 3 is 2.26 bits per heavy atom. The van der Waals surface area contributed by atoms with Crippen molar-refractivity contribution in [2.24, 2.45) is 0 Å². The number of nitrogens with zero attached hydrogens (tertiary/aromatic N) is 1. The first kappa shape index (κ1) is 15.6. The van der Waals surface area contributed by atoms with Gasteiger partial charge in [0.1, 0.15) is 0 Å². The maximum Gasteiger partial charge on any atom is 0.251 e. The summed E-state index contributed by atoms with van der Waals surface area (Å²) in [6.45, 7) is 2.61. The molecule has 4 nitrogen and oxygen atoms in total.